The van der Waals surface area contributed by atoms with Gasteiger partial charge in [-0.25, -0.2) is 0 Å². The zero-order chi connectivity index (χ0) is 10.9. The van der Waals surface area contributed by atoms with Crippen LogP contribution in [0.15, 0.2) is 6.07 Å². The fourth-order valence-corrected chi connectivity index (χ4v) is 1.64. The molecule has 0 fully saturated rings. The highest BCUT2D eigenvalue weighted by molar-refractivity contribution is 6.32. The molecule has 4 nitrogen and oxygen atoms in total. The highest BCUT2D eigenvalue weighted by Crippen LogP contribution is 2.37. The molecule has 1 rings (SSSR count). The topological polar surface area (TPSA) is 63.4 Å². The second-order valence-corrected chi connectivity index (χ2v) is 3.34. The van der Waals surface area contributed by atoms with Crippen molar-refractivity contribution in [3.63, 3.8) is 0 Å². The first-order valence-corrected chi connectivity index (χ1v) is 4.52. The molecule has 1 N–H and O–H groups in total. The molecular formula is C9H10ClNO3. The third kappa shape index (κ3) is 1.65. The van der Waals surface area contributed by atoms with Gasteiger partial charge in [-0.15, -0.1) is 0 Å². The van der Waals surface area contributed by atoms with Crippen LogP contribution in [0.1, 0.15) is 18.1 Å². The van der Waals surface area contributed by atoms with Crippen molar-refractivity contribution in [2.45, 2.75) is 20.3 Å². The van der Waals surface area contributed by atoms with Gasteiger partial charge in [-0.05, 0) is 25.0 Å². The van der Waals surface area contributed by atoms with Crippen molar-refractivity contribution in [1.29, 1.82) is 0 Å². The standard InChI is InChI=1S/C9H10ClNO3/c1-3-6-8(10)5(2)4-7(12)9(6)11(13)14/h4,12H,3H2,1-2H3. The van der Waals surface area contributed by atoms with Crippen LogP contribution >= 0.6 is 11.6 Å². The first kappa shape index (κ1) is 10.8. The zero-order valence-corrected chi connectivity index (χ0v) is 8.63. The molecule has 0 radical (unpaired) electrons. The van der Waals surface area contributed by atoms with E-state index < -0.39 is 4.92 Å². The fourth-order valence-electron chi connectivity index (χ4n) is 1.36. The summed E-state index contributed by atoms with van der Waals surface area (Å²) >= 11 is 5.90. The Morgan fingerprint density at radius 1 is 1.64 bits per heavy atom. The Labute approximate surface area is 86.3 Å². The van der Waals surface area contributed by atoms with Crippen molar-refractivity contribution in [2.75, 3.05) is 0 Å². The number of benzene rings is 1. The maximum Gasteiger partial charge on any atom is 0.315 e. The van der Waals surface area contributed by atoms with Crippen LogP contribution in [0.5, 0.6) is 5.75 Å². The van der Waals surface area contributed by atoms with Gasteiger partial charge in [0.2, 0.25) is 0 Å². The predicted molar refractivity (Wildman–Crippen MR) is 53.9 cm³/mol. The predicted octanol–water partition coefficient (Wildman–Crippen LogP) is 2.82. The molecule has 0 aromatic heterocycles. The molecule has 0 saturated carbocycles. The lowest BCUT2D eigenvalue weighted by Gasteiger charge is -2.07. The molecule has 0 aliphatic rings. The Hall–Kier alpha value is -1.29. The smallest absolute Gasteiger partial charge is 0.315 e. The van der Waals surface area contributed by atoms with Gasteiger partial charge < -0.3 is 5.11 Å². The van der Waals surface area contributed by atoms with Gasteiger partial charge in [0.15, 0.2) is 5.75 Å². The van der Waals surface area contributed by atoms with E-state index in [-0.39, 0.29) is 11.4 Å². The molecule has 0 aliphatic carbocycles. The lowest BCUT2D eigenvalue weighted by molar-refractivity contribution is -0.386. The minimum absolute atomic E-state index is 0.289. The van der Waals surface area contributed by atoms with E-state index in [4.69, 9.17) is 11.6 Å². The van der Waals surface area contributed by atoms with Crippen LogP contribution in [0.25, 0.3) is 0 Å². The van der Waals surface area contributed by atoms with Crippen molar-refractivity contribution < 1.29 is 10.0 Å². The van der Waals surface area contributed by atoms with Crippen LogP contribution < -0.4 is 0 Å². The molecule has 14 heavy (non-hydrogen) atoms. The van der Waals surface area contributed by atoms with E-state index in [1.165, 1.54) is 6.07 Å². The summed E-state index contributed by atoms with van der Waals surface area (Å²) in [7, 11) is 0. The summed E-state index contributed by atoms with van der Waals surface area (Å²) in [6, 6.07) is 1.31. The van der Waals surface area contributed by atoms with E-state index in [1.807, 2.05) is 0 Å². The number of aromatic hydroxyl groups is 1. The normalized spacial score (nSPS) is 10.2. The molecule has 0 saturated heterocycles. The highest BCUT2D eigenvalue weighted by Gasteiger charge is 2.22. The van der Waals surface area contributed by atoms with E-state index >= 15 is 0 Å². The van der Waals surface area contributed by atoms with Crippen molar-refractivity contribution in [3.05, 3.63) is 32.3 Å². The molecule has 0 spiro atoms. The monoisotopic (exact) mass is 215 g/mol. The van der Waals surface area contributed by atoms with E-state index in [0.717, 1.165) is 0 Å². The van der Waals surface area contributed by atoms with Gasteiger partial charge in [-0.3, -0.25) is 10.1 Å². The average Bonchev–Trinajstić information content (AvgIpc) is 2.09. The SMILES string of the molecule is CCc1c(Cl)c(C)cc(O)c1[N+](=O)[O-]. The van der Waals surface area contributed by atoms with E-state index in [2.05, 4.69) is 0 Å². The van der Waals surface area contributed by atoms with Crippen LogP contribution in [0.4, 0.5) is 5.69 Å². The highest BCUT2D eigenvalue weighted by atomic mass is 35.5. The molecule has 0 bridgehead atoms. The maximum atomic E-state index is 10.7. The maximum absolute atomic E-state index is 10.7. The second kappa shape index (κ2) is 3.84. The molecule has 0 amide bonds. The first-order valence-electron chi connectivity index (χ1n) is 4.14. The third-order valence-corrected chi connectivity index (χ3v) is 2.56. The Balaban J connectivity index is 3.55. The van der Waals surface area contributed by atoms with E-state index in [1.54, 1.807) is 13.8 Å². The number of aryl methyl sites for hydroxylation is 1. The Bertz CT molecular complexity index is 390. The summed E-state index contributed by atoms with van der Waals surface area (Å²) in [5, 5.41) is 20.4. The summed E-state index contributed by atoms with van der Waals surface area (Å²) in [5.41, 5.74) is 0.740. The van der Waals surface area contributed by atoms with Crippen molar-refractivity contribution in [1.82, 2.24) is 0 Å². The summed E-state index contributed by atoms with van der Waals surface area (Å²) in [5.74, 6) is -0.325. The Morgan fingerprint density at radius 3 is 2.64 bits per heavy atom. The van der Waals surface area contributed by atoms with Gasteiger partial charge in [0.25, 0.3) is 0 Å². The van der Waals surface area contributed by atoms with Crippen molar-refractivity contribution in [3.8, 4) is 5.75 Å². The molecule has 76 valence electrons. The van der Waals surface area contributed by atoms with Crippen molar-refractivity contribution >= 4 is 17.3 Å². The number of phenols is 1. The van der Waals surface area contributed by atoms with Crippen LogP contribution in [0, 0.1) is 17.0 Å². The molecule has 1 aromatic carbocycles. The number of halogens is 1. The first-order chi connectivity index (χ1) is 6.49. The Kier molecular flexibility index (Phi) is 2.96. The van der Waals surface area contributed by atoms with Gasteiger partial charge in [-0.1, -0.05) is 18.5 Å². The molecular weight excluding hydrogens is 206 g/mol. The molecule has 0 aliphatic heterocycles. The van der Waals surface area contributed by atoms with E-state index in [0.29, 0.717) is 22.6 Å². The minimum Gasteiger partial charge on any atom is -0.502 e. The summed E-state index contributed by atoms with van der Waals surface area (Å²) in [4.78, 5) is 10.0. The summed E-state index contributed by atoms with van der Waals surface area (Å²) in [6.45, 7) is 3.46. The average molecular weight is 216 g/mol. The largest absolute Gasteiger partial charge is 0.502 e. The second-order valence-electron chi connectivity index (χ2n) is 2.96. The zero-order valence-electron chi connectivity index (χ0n) is 7.87. The van der Waals surface area contributed by atoms with Crippen molar-refractivity contribution in [2.24, 2.45) is 0 Å². The van der Waals surface area contributed by atoms with Crippen LogP contribution in [-0.2, 0) is 6.42 Å². The fraction of sp³-hybridized carbons (Fsp3) is 0.333. The van der Waals surface area contributed by atoms with E-state index in [9.17, 15) is 15.2 Å². The molecule has 5 heteroatoms. The van der Waals surface area contributed by atoms with Gasteiger partial charge in [0, 0.05) is 0 Å². The number of nitrogens with zero attached hydrogens (tertiary/aromatic N) is 1. The van der Waals surface area contributed by atoms with Gasteiger partial charge in [0.1, 0.15) is 0 Å². The molecule has 0 atom stereocenters. The third-order valence-electron chi connectivity index (χ3n) is 2.03. The van der Waals surface area contributed by atoms with Gasteiger partial charge >= 0.3 is 5.69 Å². The number of rotatable bonds is 2. The number of hydrogen-bond acceptors (Lipinski definition) is 3. The van der Waals surface area contributed by atoms with Crippen LogP contribution in [-0.4, -0.2) is 10.0 Å². The Morgan fingerprint density at radius 2 is 2.21 bits per heavy atom. The molecule has 1 aromatic rings. The summed E-state index contributed by atoms with van der Waals surface area (Å²) < 4.78 is 0. The van der Waals surface area contributed by atoms with Crippen LogP contribution in [0.3, 0.4) is 0 Å². The molecule has 0 heterocycles. The summed E-state index contributed by atoms with van der Waals surface area (Å²) in [6.07, 6.45) is 0.421. The van der Waals surface area contributed by atoms with Gasteiger partial charge in [0.05, 0.1) is 15.5 Å². The lowest BCUT2D eigenvalue weighted by atomic mass is 10.1. The number of nitro benzene ring substituents is 1. The van der Waals surface area contributed by atoms with Gasteiger partial charge in [-0.2, -0.15) is 0 Å². The number of nitro groups is 1. The van der Waals surface area contributed by atoms with Crippen LogP contribution in [0.2, 0.25) is 5.02 Å². The number of phenolic OH excluding ortho intramolecular Hbond substituents is 1. The molecule has 0 unspecified atom stereocenters. The minimum atomic E-state index is -0.612. The quantitative estimate of drug-likeness (QED) is 0.610. The number of hydrogen-bond donors (Lipinski definition) is 1. The lowest BCUT2D eigenvalue weighted by Crippen LogP contribution is -1.97.